The standard InChI is InChI=1S/C23H29N3O2/c1-25-16-18-13-14-26(22(18)17-25)20-11-9-19(10-12-20)24-23(27)8-5-15-28-21-6-3-2-4-7-21/h2-4,6-7,9-12,18,22H,5,8,13-17H2,1H3,(H,24,27)/t18-,22+/m0/s1. The number of likely N-dealkylation sites (N-methyl/N-ethyl adjacent to an activating group) is 1. The fraction of sp³-hybridized carbons (Fsp3) is 0.435. The molecule has 28 heavy (non-hydrogen) atoms. The van der Waals surface area contributed by atoms with Gasteiger partial charge in [0.1, 0.15) is 5.75 Å². The van der Waals surface area contributed by atoms with E-state index >= 15 is 0 Å². The van der Waals surface area contributed by atoms with E-state index in [0.717, 1.165) is 30.4 Å². The number of nitrogens with zero attached hydrogens (tertiary/aromatic N) is 2. The number of hydrogen-bond donors (Lipinski definition) is 1. The van der Waals surface area contributed by atoms with Gasteiger partial charge in [-0.3, -0.25) is 4.79 Å². The van der Waals surface area contributed by atoms with Crippen molar-refractivity contribution in [2.45, 2.75) is 25.3 Å². The van der Waals surface area contributed by atoms with Gasteiger partial charge < -0.3 is 19.9 Å². The molecule has 0 unspecified atom stereocenters. The summed E-state index contributed by atoms with van der Waals surface area (Å²) in [5, 5.41) is 2.99. The highest BCUT2D eigenvalue weighted by Crippen LogP contribution is 2.34. The number of likely N-dealkylation sites (tertiary alicyclic amines) is 1. The highest BCUT2D eigenvalue weighted by atomic mass is 16.5. The Kier molecular flexibility index (Phi) is 5.81. The Morgan fingerprint density at radius 3 is 2.68 bits per heavy atom. The van der Waals surface area contributed by atoms with Crippen molar-refractivity contribution in [1.29, 1.82) is 0 Å². The zero-order valence-electron chi connectivity index (χ0n) is 16.5. The van der Waals surface area contributed by atoms with Gasteiger partial charge in [-0.05, 0) is 62.2 Å². The lowest BCUT2D eigenvalue weighted by Gasteiger charge is -2.26. The molecule has 2 aliphatic heterocycles. The third-order valence-corrected chi connectivity index (χ3v) is 5.77. The van der Waals surface area contributed by atoms with E-state index in [1.165, 1.54) is 18.7 Å². The Bertz CT molecular complexity index is 778. The summed E-state index contributed by atoms with van der Waals surface area (Å²) < 4.78 is 5.63. The zero-order chi connectivity index (χ0) is 19.3. The van der Waals surface area contributed by atoms with Crippen molar-refractivity contribution in [3.8, 4) is 5.75 Å². The number of benzene rings is 2. The molecule has 0 spiro atoms. The molecule has 5 nitrogen and oxygen atoms in total. The molecule has 148 valence electrons. The maximum absolute atomic E-state index is 12.2. The topological polar surface area (TPSA) is 44.8 Å². The van der Waals surface area contributed by atoms with Crippen LogP contribution in [0.1, 0.15) is 19.3 Å². The first-order valence-corrected chi connectivity index (χ1v) is 10.2. The van der Waals surface area contributed by atoms with E-state index in [1.807, 2.05) is 42.5 Å². The van der Waals surface area contributed by atoms with Crippen molar-refractivity contribution < 1.29 is 9.53 Å². The molecule has 0 radical (unpaired) electrons. The highest BCUT2D eigenvalue weighted by Gasteiger charge is 2.39. The van der Waals surface area contributed by atoms with Gasteiger partial charge in [-0.15, -0.1) is 0 Å². The summed E-state index contributed by atoms with van der Waals surface area (Å²) >= 11 is 0. The minimum atomic E-state index is 0.0306. The molecule has 4 rings (SSSR count). The maximum atomic E-state index is 12.2. The van der Waals surface area contributed by atoms with Gasteiger partial charge in [0.2, 0.25) is 5.91 Å². The van der Waals surface area contributed by atoms with E-state index in [9.17, 15) is 4.79 Å². The van der Waals surface area contributed by atoms with Crippen LogP contribution in [0, 0.1) is 5.92 Å². The van der Waals surface area contributed by atoms with E-state index < -0.39 is 0 Å². The number of nitrogens with one attached hydrogen (secondary N) is 1. The quantitative estimate of drug-likeness (QED) is 0.747. The number of rotatable bonds is 7. The van der Waals surface area contributed by atoms with Crippen LogP contribution in [0.3, 0.4) is 0 Å². The summed E-state index contributed by atoms with van der Waals surface area (Å²) in [5.74, 6) is 1.67. The molecular weight excluding hydrogens is 350 g/mol. The summed E-state index contributed by atoms with van der Waals surface area (Å²) in [5.41, 5.74) is 2.12. The number of carbonyl (C=O) groups excluding carboxylic acids is 1. The van der Waals surface area contributed by atoms with E-state index in [1.54, 1.807) is 0 Å². The Morgan fingerprint density at radius 2 is 1.89 bits per heavy atom. The molecule has 2 fully saturated rings. The highest BCUT2D eigenvalue weighted by molar-refractivity contribution is 5.90. The van der Waals surface area contributed by atoms with Crippen LogP contribution in [-0.4, -0.2) is 50.1 Å². The number of fused-ring (bicyclic) bond motifs is 1. The molecule has 2 saturated heterocycles. The van der Waals surface area contributed by atoms with Gasteiger partial charge in [0.05, 0.1) is 6.61 Å². The molecule has 0 bridgehead atoms. The van der Waals surface area contributed by atoms with Crippen molar-refractivity contribution in [2.24, 2.45) is 5.92 Å². The molecule has 2 aromatic rings. The molecule has 0 saturated carbocycles. The number of ether oxygens (including phenoxy) is 1. The second-order valence-corrected chi connectivity index (χ2v) is 7.89. The lowest BCUT2D eigenvalue weighted by atomic mass is 10.0. The lowest BCUT2D eigenvalue weighted by Crippen LogP contribution is -2.34. The molecule has 2 aromatic carbocycles. The zero-order valence-corrected chi connectivity index (χ0v) is 16.5. The second kappa shape index (κ2) is 8.65. The number of amides is 1. The lowest BCUT2D eigenvalue weighted by molar-refractivity contribution is -0.116. The van der Waals surface area contributed by atoms with Gasteiger partial charge in [0.25, 0.3) is 0 Å². The predicted octanol–water partition coefficient (Wildman–Crippen LogP) is 3.62. The van der Waals surface area contributed by atoms with E-state index in [4.69, 9.17) is 4.74 Å². The molecule has 2 heterocycles. The number of carbonyl (C=O) groups is 1. The van der Waals surface area contributed by atoms with Crippen molar-refractivity contribution in [2.75, 3.05) is 43.5 Å². The molecular formula is C23H29N3O2. The maximum Gasteiger partial charge on any atom is 0.224 e. The summed E-state index contributed by atoms with van der Waals surface area (Å²) in [4.78, 5) is 17.1. The minimum Gasteiger partial charge on any atom is -0.494 e. The van der Waals surface area contributed by atoms with Crippen molar-refractivity contribution in [1.82, 2.24) is 4.90 Å². The van der Waals surface area contributed by atoms with Crippen LogP contribution in [0.5, 0.6) is 5.75 Å². The van der Waals surface area contributed by atoms with Gasteiger partial charge in [-0.1, -0.05) is 18.2 Å². The fourth-order valence-corrected chi connectivity index (χ4v) is 4.39. The molecule has 0 aromatic heterocycles. The Labute approximate surface area is 167 Å². The Morgan fingerprint density at radius 1 is 1.11 bits per heavy atom. The van der Waals surface area contributed by atoms with E-state index in [2.05, 4.69) is 34.3 Å². The van der Waals surface area contributed by atoms with Crippen LogP contribution in [-0.2, 0) is 4.79 Å². The van der Waals surface area contributed by atoms with Crippen molar-refractivity contribution in [3.05, 3.63) is 54.6 Å². The van der Waals surface area contributed by atoms with Gasteiger partial charge >= 0.3 is 0 Å². The SMILES string of the molecule is CN1C[C@@H]2CCN(c3ccc(NC(=O)CCCOc4ccccc4)cc3)[C@@H]2C1. The third kappa shape index (κ3) is 4.47. The third-order valence-electron chi connectivity index (χ3n) is 5.77. The van der Waals surface area contributed by atoms with Crippen LogP contribution < -0.4 is 15.0 Å². The van der Waals surface area contributed by atoms with Crippen LogP contribution in [0.2, 0.25) is 0 Å². The minimum absolute atomic E-state index is 0.0306. The van der Waals surface area contributed by atoms with Crippen molar-refractivity contribution >= 4 is 17.3 Å². The first-order chi connectivity index (χ1) is 13.7. The van der Waals surface area contributed by atoms with Crippen LogP contribution in [0.4, 0.5) is 11.4 Å². The second-order valence-electron chi connectivity index (χ2n) is 7.89. The molecule has 5 heteroatoms. The molecule has 2 aliphatic rings. The first-order valence-electron chi connectivity index (χ1n) is 10.2. The van der Waals surface area contributed by atoms with Gasteiger partial charge in [-0.25, -0.2) is 0 Å². The molecule has 1 amide bonds. The van der Waals surface area contributed by atoms with Gasteiger partial charge in [0.15, 0.2) is 0 Å². The first kappa shape index (κ1) is 18.8. The normalized spacial score (nSPS) is 21.5. The Balaban J connectivity index is 1.22. The van der Waals surface area contributed by atoms with Crippen LogP contribution in [0.25, 0.3) is 0 Å². The van der Waals surface area contributed by atoms with Crippen LogP contribution >= 0.6 is 0 Å². The molecule has 0 aliphatic carbocycles. The number of hydrogen-bond acceptors (Lipinski definition) is 4. The average Bonchev–Trinajstić information content (AvgIpc) is 3.26. The fourth-order valence-electron chi connectivity index (χ4n) is 4.39. The average molecular weight is 380 g/mol. The smallest absolute Gasteiger partial charge is 0.224 e. The summed E-state index contributed by atoms with van der Waals surface area (Å²) in [7, 11) is 2.21. The number of para-hydroxylation sites is 1. The summed E-state index contributed by atoms with van der Waals surface area (Å²) in [6, 6.07) is 18.6. The molecule has 1 N–H and O–H groups in total. The Hall–Kier alpha value is -2.53. The van der Waals surface area contributed by atoms with Gasteiger partial charge in [0, 0.05) is 43.5 Å². The van der Waals surface area contributed by atoms with Crippen molar-refractivity contribution in [3.63, 3.8) is 0 Å². The van der Waals surface area contributed by atoms with Crippen LogP contribution in [0.15, 0.2) is 54.6 Å². The summed E-state index contributed by atoms with van der Waals surface area (Å²) in [6.07, 6.45) is 2.43. The molecule has 2 atom stereocenters. The largest absolute Gasteiger partial charge is 0.494 e. The number of anilines is 2. The van der Waals surface area contributed by atoms with E-state index in [-0.39, 0.29) is 5.91 Å². The summed E-state index contributed by atoms with van der Waals surface area (Å²) in [6.45, 7) is 4.04. The predicted molar refractivity (Wildman–Crippen MR) is 113 cm³/mol. The van der Waals surface area contributed by atoms with Gasteiger partial charge in [-0.2, -0.15) is 0 Å². The monoisotopic (exact) mass is 379 g/mol. The van der Waals surface area contributed by atoms with E-state index in [0.29, 0.717) is 25.5 Å².